The normalized spacial score (nSPS) is 12.9. The fourth-order valence-corrected chi connectivity index (χ4v) is 3.40. The number of hydrogen-bond donors (Lipinski definition) is 1. The fourth-order valence-electron chi connectivity index (χ4n) is 3.40. The van der Waals surface area contributed by atoms with Crippen LogP contribution in [0, 0.1) is 0 Å². The fraction of sp³-hybridized carbons (Fsp3) is 0.481. The molecule has 0 heterocycles. The Morgan fingerprint density at radius 3 is 1.97 bits per heavy atom. The van der Waals surface area contributed by atoms with Crippen molar-refractivity contribution < 1.29 is 9.59 Å². The quantitative estimate of drug-likeness (QED) is 0.663. The van der Waals surface area contributed by atoms with E-state index in [-0.39, 0.29) is 22.8 Å². The molecule has 0 saturated heterocycles. The minimum absolute atomic E-state index is 0.0136. The monoisotopic (exact) mass is 422 g/mol. The van der Waals surface area contributed by atoms with Crippen molar-refractivity contribution in [2.24, 2.45) is 0 Å². The van der Waals surface area contributed by atoms with Gasteiger partial charge in [-0.15, -0.1) is 0 Å². The largest absolute Gasteiger partial charge is 0.350 e. The summed E-state index contributed by atoms with van der Waals surface area (Å²) < 4.78 is 0. The van der Waals surface area contributed by atoms with E-state index >= 15 is 0 Å². The van der Waals surface area contributed by atoms with Crippen molar-refractivity contribution in [1.82, 2.24) is 10.2 Å². The number of aryl methyl sites for hydroxylation is 1. The van der Waals surface area contributed by atoms with E-state index in [0.717, 1.165) is 11.1 Å². The number of rotatable bonds is 7. The summed E-state index contributed by atoms with van der Waals surface area (Å²) in [5, 5.41) is 3.00. The molecule has 0 unspecified atom stereocenters. The van der Waals surface area contributed by atoms with Gasteiger partial charge in [-0.2, -0.15) is 0 Å². The summed E-state index contributed by atoms with van der Waals surface area (Å²) in [5.41, 5.74) is 3.19. The lowest BCUT2D eigenvalue weighted by Crippen LogP contribution is -2.52. The number of nitrogens with one attached hydrogen (secondary N) is 1. The van der Waals surface area contributed by atoms with Gasteiger partial charge >= 0.3 is 0 Å². The summed E-state index contributed by atoms with van der Waals surface area (Å²) in [4.78, 5) is 27.7. The van der Waals surface area contributed by atoms with Gasteiger partial charge < -0.3 is 10.2 Å². The Kier molecular flexibility index (Phi) is 8.05. The smallest absolute Gasteiger partial charge is 0.242 e. The van der Waals surface area contributed by atoms with Gasteiger partial charge in [-0.05, 0) is 56.2 Å². The average Bonchev–Trinajstić information content (AvgIpc) is 2.69. The summed E-state index contributed by atoms with van der Waals surface area (Å²) in [6.07, 6.45) is 1.02. The van der Waals surface area contributed by atoms with Crippen molar-refractivity contribution in [3.05, 3.63) is 71.3 Å². The lowest BCUT2D eigenvalue weighted by Gasteiger charge is -2.31. The van der Waals surface area contributed by atoms with Crippen molar-refractivity contribution in [3.63, 3.8) is 0 Å². The van der Waals surface area contributed by atoms with E-state index in [0.29, 0.717) is 19.4 Å². The number of amides is 2. The lowest BCUT2D eigenvalue weighted by molar-refractivity contribution is -0.141. The maximum atomic E-state index is 13.2. The highest BCUT2D eigenvalue weighted by Gasteiger charge is 2.28. The molecule has 0 spiro atoms. The predicted molar refractivity (Wildman–Crippen MR) is 128 cm³/mol. The summed E-state index contributed by atoms with van der Waals surface area (Å²) in [6.45, 7) is 14.6. The highest BCUT2D eigenvalue weighted by atomic mass is 16.2. The van der Waals surface area contributed by atoms with E-state index in [2.05, 4.69) is 50.4 Å². The van der Waals surface area contributed by atoms with Gasteiger partial charge in [0.15, 0.2) is 0 Å². The molecule has 1 N–H and O–H groups in total. The van der Waals surface area contributed by atoms with Gasteiger partial charge in [0.1, 0.15) is 6.04 Å². The number of carbonyl (C=O) groups excluding carboxylic acids is 2. The zero-order valence-electron chi connectivity index (χ0n) is 20.2. The molecule has 1 atom stereocenters. The average molecular weight is 423 g/mol. The van der Waals surface area contributed by atoms with Gasteiger partial charge in [-0.3, -0.25) is 9.59 Å². The van der Waals surface area contributed by atoms with Crippen molar-refractivity contribution in [2.45, 2.75) is 84.8 Å². The third-order valence-corrected chi connectivity index (χ3v) is 5.31. The van der Waals surface area contributed by atoms with Crippen LogP contribution in [0.4, 0.5) is 0 Å². The molecule has 4 nitrogen and oxygen atoms in total. The van der Waals surface area contributed by atoms with Crippen LogP contribution in [-0.2, 0) is 28.0 Å². The summed E-state index contributed by atoms with van der Waals surface area (Å²) in [6, 6.07) is 17.8. The van der Waals surface area contributed by atoms with Crippen molar-refractivity contribution in [2.75, 3.05) is 0 Å². The molecule has 31 heavy (non-hydrogen) atoms. The van der Waals surface area contributed by atoms with Crippen LogP contribution in [0.1, 0.15) is 71.6 Å². The first-order chi connectivity index (χ1) is 14.4. The van der Waals surface area contributed by atoms with Crippen LogP contribution in [-0.4, -0.2) is 28.3 Å². The van der Waals surface area contributed by atoms with Crippen LogP contribution in [0.2, 0.25) is 0 Å². The first-order valence-corrected chi connectivity index (χ1v) is 11.1. The van der Waals surface area contributed by atoms with Gasteiger partial charge in [-0.25, -0.2) is 0 Å². The maximum Gasteiger partial charge on any atom is 0.242 e. The Morgan fingerprint density at radius 1 is 0.871 bits per heavy atom. The molecule has 0 aromatic heterocycles. The molecule has 0 bridgehead atoms. The van der Waals surface area contributed by atoms with E-state index in [1.807, 2.05) is 51.1 Å². The second-order valence-corrected chi connectivity index (χ2v) is 10.4. The molecule has 2 aromatic rings. The second-order valence-electron chi connectivity index (χ2n) is 10.4. The molecule has 2 aromatic carbocycles. The molecule has 2 amide bonds. The van der Waals surface area contributed by atoms with Crippen molar-refractivity contribution in [3.8, 4) is 0 Å². The summed E-state index contributed by atoms with van der Waals surface area (Å²) in [5.74, 6) is -0.147. The van der Waals surface area contributed by atoms with Gasteiger partial charge in [-0.1, -0.05) is 75.4 Å². The summed E-state index contributed by atoms with van der Waals surface area (Å²) in [7, 11) is 0. The Balaban J connectivity index is 2.12. The Bertz CT molecular complexity index is 859. The highest BCUT2D eigenvalue weighted by molar-refractivity contribution is 5.87. The third-order valence-electron chi connectivity index (χ3n) is 5.31. The van der Waals surface area contributed by atoms with Gasteiger partial charge in [0.05, 0.1) is 0 Å². The van der Waals surface area contributed by atoms with Crippen molar-refractivity contribution >= 4 is 11.8 Å². The number of hydrogen-bond acceptors (Lipinski definition) is 2. The van der Waals surface area contributed by atoms with Crippen LogP contribution >= 0.6 is 0 Å². The van der Waals surface area contributed by atoms with Crippen LogP contribution in [0.15, 0.2) is 54.6 Å². The molecular weight excluding hydrogens is 384 g/mol. The van der Waals surface area contributed by atoms with Crippen LogP contribution in [0.3, 0.4) is 0 Å². The lowest BCUT2D eigenvalue weighted by atomic mass is 9.86. The standard InChI is InChI=1S/C27H38N2O2/c1-20(25(31)28-27(5,6)7)29(19-22-11-9-8-10-12-22)24(30)18-15-21-13-16-23(17-14-21)26(2,3)4/h8-14,16-17,20H,15,18-19H2,1-7H3,(H,28,31)/t20-/m1/s1. The minimum Gasteiger partial charge on any atom is -0.350 e. The topological polar surface area (TPSA) is 49.4 Å². The Labute approximate surface area is 188 Å². The molecule has 0 saturated carbocycles. The minimum atomic E-state index is -0.546. The molecule has 0 radical (unpaired) electrons. The predicted octanol–water partition coefficient (Wildman–Crippen LogP) is 5.25. The van der Waals surface area contributed by atoms with Crippen LogP contribution in [0.25, 0.3) is 0 Å². The molecule has 0 aliphatic heterocycles. The molecule has 168 valence electrons. The maximum absolute atomic E-state index is 13.2. The molecule has 0 aliphatic carbocycles. The highest BCUT2D eigenvalue weighted by Crippen LogP contribution is 2.22. The van der Waals surface area contributed by atoms with Gasteiger partial charge in [0.2, 0.25) is 11.8 Å². The number of carbonyl (C=O) groups is 2. The molecule has 4 heteroatoms. The van der Waals surface area contributed by atoms with E-state index in [9.17, 15) is 9.59 Å². The van der Waals surface area contributed by atoms with E-state index in [4.69, 9.17) is 0 Å². The number of nitrogens with zero attached hydrogens (tertiary/aromatic N) is 1. The first kappa shape index (κ1) is 24.6. The molecular formula is C27H38N2O2. The molecule has 0 fully saturated rings. The Hall–Kier alpha value is -2.62. The first-order valence-electron chi connectivity index (χ1n) is 11.1. The molecule has 0 aliphatic rings. The van der Waals surface area contributed by atoms with Crippen LogP contribution < -0.4 is 5.32 Å². The van der Waals surface area contributed by atoms with E-state index < -0.39 is 6.04 Å². The van der Waals surface area contributed by atoms with Crippen LogP contribution in [0.5, 0.6) is 0 Å². The van der Waals surface area contributed by atoms with E-state index in [1.54, 1.807) is 11.8 Å². The Morgan fingerprint density at radius 2 is 1.45 bits per heavy atom. The molecule has 2 rings (SSSR count). The third kappa shape index (κ3) is 7.86. The summed E-state index contributed by atoms with van der Waals surface area (Å²) >= 11 is 0. The SMILES string of the molecule is C[C@H](C(=O)NC(C)(C)C)N(Cc1ccccc1)C(=O)CCc1ccc(C(C)(C)C)cc1. The number of benzene rings is 2. The zero-order valence-corrected chi connectivity index (χ0v) is 20.2. The van der Waals surface area contributed by atoms with Gasteiger partial charge in [0, 0.05) is 18.5 Å². The van der Waals surface area contributed by atoms with E-state index in [1.165, 1.54) is 5.56 Å². The zero-order chi connectivity index (χ0) is 23.2. The second kappa shape index (κ2) is 10.1. The van der Waals surface area contributed by atoms with Gasteiger partial charge in [0.25, 0.3) is 0 Å². The van der Waals surface area contributed by atoms with Crippen molar-refractivity contribution in [1.29, 1.82) is 0 Å².